The summed E-state index contributed by atoms with van der Waals surface area (Å²) in [5.41, 5.74) is 0. The number of aliphatic hydroxyl groups is 1. The first-order chi connectivity index (χ1) is 8.43. The van der Waals surface area contributed by atoms with Gasteiger partial charge in [0.05, 0.1) is 12.6 Å². The van der Waals surface area contributed by atoms with Crippen LogP contribution in [0.15, 0.2) is 6.20 Å². The molecule has 18 heavy (non-hydrogen) atoms. The van der Waals surface area contributed by atoms with E-state index >= 15 is 0 Å². The van der Waals surface area contributed by atoms with E-state index in [9.17, 15) is 9.59 Å². The quantitative estimate of drug-likeness (QED) is 0.615. The maximum atomic E-state index is 11.5. The first kappa shape index (κ1) is 14.4. The molecule has 7 nitrogen and oxygen atoms in total. The smallest absolute Gasteiger partial charge is 0.328 e. The van der Waals surface area contributed by atoms with Crippen LogP contribution < -0.4 is 10.6 Å². The van der Waals surface area contributed by atoms with Crippen molar-refractivity contribution in [2.75, 3.05) is 6.61 Å². The zero-order valence-corrected chi connectivity index (χ0v) is 10.8. The molecule has 0 spiro atoms. The Morgan fingerprint density at radius 3 is 2.61 bits per heavy atom. The summed E-state index contributed by atoms with van der Waals surface area (Å²) in [6.07, 6.45) is 1.70. The second kappa shape index (κ2) is 6.31. The number of nitrogens with zero attached hydrogens (tertiary/aromatic N) is 1. The minimum Gasteiger partial charge on any atom is -0.480 e. The van der Waals surface area contributed by atoms with Crippen molar-refractivity contribution in [3.05, 3.63) is 16.1 Å². The Hall–Kier alpha value is -1.67. The lowest BCUT2D eigenvalue weighted by atomic mass is 10.3. The minimum atomic E-state index is -1.31. The number of rotatable bonds is 5. The van der Waals surface area contributed by atoms with Crippen molar-refractivity contribution in [1.82, 2.24) is 15.6 Å². The van der Waals surface area contributed by atoms with E-state index in [-0.39, 0.29) is 6.04 Å². The lowest BCUT2D eigenvalue weighted by molar-refractivity contribution is -0.140. The van der Waals surface area contributed by atoms with Crippen LogP contribution in [0, 0.1) is 6.92 Å². The first-order valence-corrected chi connectivity index (χ1v) is 6.08. The van der Waals surface area contributed by atoms with Gasteiger partial charge in [0.15, 0.2) is 6.04 Å². The van der Waals surface area contributed by atoms with E-state index < -0.39 is 24.6 Å². The Balaban J connectivity index is 2.52. The van der Waals surface area contributed by atoms with E-state index in [1.165, 1.54) is 11.3 Å². The molecule has 1 rings (SSSR count). The number of carbonyl (C=O) groups is 2. The summed E-state index contributed by atoms with van der Waals surface area (Å²) < 4.78 is 0. The van der Waals surface area contributed by atoms with Gasteiger partial charge in [-0.3, -0.25) is 0 Å². The Labute approximate surface area is 108 Å². The maximum Gasteiger partial charge on any atom is 0.328 e. The molecule has 0 saturated carbocycles. The van der Waals surface area contributed by atoms with Crippen LogP contribution in [0.25, 0.3) is 0 Å². The fourth-order valence-electron chi connectivity index (χ4n) is 1.22. The molecule has 2 unspecified atom stereocenters. The third-order valence-corrected chi connectivity index (χ3v) is 3.24. The Morgan fingerprint density at radius 1 is 1.50 bits per heavy atom. The molecule has 1 aromatic rings. The number of aromatic nitrogens is 1. The van der Waals surface area contributed by atoms with Crippen molar-refractivity contribution in [1.29, 1.82) is 0 Å². The zero-order valence-electron chi connectivity index (χ0n) is 10.0. The highest BCUT2D eigenvalue weighted by atomic mass is 32.1. The van der Waals surface area contributed by atoms with E-state index in [1.807, 2.05) is 6.92 Å². The number of aliphatic hydroxyl groups excluding tert-OH is 1. The van der Waals surface area contributed by atoms with Crippen LogP contribution in [-0.2, 0) is 4.79 Å². The SMILES string of the molecule is Cc1cnc(C(C)NC(=O)NC(CO)C(=O)O)s1. The van der Waals surface area contributed by atoms with Gasteiger partial charge in [-0.2, -0.15) is 0 Å². The van der Waals surface area contributed by atoms with Gasteiger partial charge in [-0.1, -0.05) is 0 Å². The Kier molecular flexibility index (Phi) is 5.05. The highest BCUT2D eigenvalue weighted by Crippen LogP contribution is 2.18. The maximum absolute atomic E-state index is 11.5. The molecule has 0 saturated heterocycles. The number of aryl methyl sites for hydroxylation is 1. The third-order valence-electron chi connectivity index (χ3n) is 2.14. The highest BCUT2D eigenvalue weighted by molar-refractivity contribution is 7.11. The van der Waals surface area contributed by atoms with E-state index in [0.29, 0.717) is 0 Å². The first-order valence-electron chi connectivity index (χ1n) is 5.27. The van der Waals surface area contributed by atoms with Crippen LogP contribution in [0.5, 0.6) is 0 Å². The van der Waals surface area contributed by atoms with Crippen LogP contribution >= 0.6 is 11.3 Å². The molecule has 0 bridgehead atoms. The molecule has 0 fully saturated rings. The summed E-state index contributed by atoms with van der Waals surface area (Å²) >= 11 is 1.45. The number of carboxylic acids is 1. The summed E-state index contributed by atoms with van der Waals surface area (Å²) in [5.74, 6) is -1.29. The summed E-state index contributed by atoms with van der Waals surface area (Å²) in [4.78, 5) is 27.2. The number of carboxylic acid groups (broad SMARTS) is 1. The summed E-state index contributed by atoms with van der Waals surface area (Å²) in [6, 6.07) is -2.29. The molecule has 0 aliphatic rings. The standard InChI is InChI=1S/C10H15N3O4S/c1-5-3-11-8(18-5)6(2)12-10(17)13-7(4-14)9(15)16/h3,6-7,14H,4H2,1-2H3,(H,15,16)(H2,12,13,17). The third kappa shape index (κ3) is 3.97. The second-order valence-corrected chi connectivity index (χ2v) is 4.99. The van der Waals surface area contributed by atoms with Crippen molar-refractivity contribution in [2.24, 2.45) is 0 Å². The van der Waals surface area contributed by atoms with Crippen LogP contribution in [-0.4, -0.2) is 39.8 Å². The van der Waals surface area contributed by atoms with Gasteiger partial charge in [0, 0.05) is 11.1 Å². The zero-order chi connectivity index (χ0) is 13.7. The summed E-state index contributed by atoms with van der Waals surface area (Å²) in [7, 11) is 0. The van der Waals surface area contributed by atoms with Crippen LogP contribution in [0.1, 0.15) is 22.9 Å². The van der Waals surface area contributed by atoms with Crippen molar-refractivity contribution in [3.63, 3.8) is 0 Å². The van der Waals surface area contributed by atoms with E-state index in [4.69, 9.17) is 10.2 Å². The molecule has 1 aromatic heterocycles. The predicted octanol–water partition coefficient (Wildman–Crippen LogP) is 0.257. The second-order valence-electron chi connectivity index (χ2n) is 3.72. The van der Waals surface area contributed by atoms with Gasteiger partial charge in [-0.15, -0.1) is 11.3 Å². The number of aliphatic carboxylic acids is 1. The van der Waals surface area contributed by atoms with Gasteiger partial charge in [-0.25, -0.2) is 14.6 Å². The van der Waals surface area contributed by atoms with Crippen LogP contribution in [0.4, 0.5) is 4.79 Å². The minimum absolute atomic E-state index is 0.322. The van der Waals surface area contributed by atoms with Gasteiger partial charge in [0.2, 0.25) is 0 Å². The molecule has 1 heterocycles. The molecule has 0 aliphatic heterocycles. The molecule has 0 radical (unpaired) electrons. The van der Waals surface area contributed by atoms with E-state index in [0.717, 1.165) is 9.88 Å². The number of hydrogen-bond acceptors (Lipinski definition) is 5. The molecular weight excluding hydrogens is 258 g/mol. The molecule has 8 heteroatoms. The van der Waals surface area contributed by atoms with Gasteiger partial charge in [0.1, 0.15) is 5.01 Å². The van der Waals surface area contributed by atoms with Crippen molar-refractivity contribution in [2.45, 2.75) is 25.9 Å². The van der Waals surface area contributed by atoms with Gasteiger partial charge in [-0.05, 0) is 13.8 Å². The Bertz CT molecular complexity index is 435. The average Bonchev–Trinajstić information content (AvgIpc) is 2.72. The van der Waals surface area contributed by atoms with Gasteiger partial charge >= 0.3 is 12.0 Å². The summed E-state index contributed by atoms with van der Waals surface area (Å²) in [5, 5.41) is 22.9. The molecule has 2 atom stereocenters. The number of carbonyl (C=O) groups excluding carboxylic acids is 1. The predicted molar refractivity (Wildman–Crippen MR) is 65.4 cm³/mol. The fraction of sp³-hybridized carbons (Fsp3) is 0.500. The van der Waals surface area contributed by atoms with Crippen molar-refractivity contribution >= 4 is 23.3 Å². The molecule has 2 amide bonds. The molecule has 0 aromatic carbocycles. The fourth-order valence-corrected chi connectivity index (χ4v) is 1.99. The normalized spacial score (nSPS) is 13.7. The largest absolute Gasteiger partial charge is 0.480 e. The van der Waals surface area contributed by atoms with Crippen molar-refractivity contribution in [3.8, 4) is 0 Å². The van der Waals surface area contributed by atoms with Gasteiger partial charge in [0.25, 0.3) is 0 Å². The topological polar surface area (TPSA) is 112 Å². The molecule has 0 aliphatic carbocycles. The average molecular weight is 273 g/mol. The van der Waals surface area contributed by atoms with Crippen molar-refractivity contribution < 1.29 is 19.8 Å². The number of thiazole rings is 1. The molecular formula is C10H15N3O4S. The number of hydrogen-bond donors (Lipinski definition) is 4. The highest BCUT2D eigenvalue weighted by Gasteiger charge is 2.20. The molecule has 4 N–H and O–H groups in total. The monoisotopic (exact) mass is 273 g/mol. The van der Waals surface area contributed by atoms with E-state index in [2.05, 4.69) is 15.6 Å². The number of amides is 2. The van der Waals surface area contributed by atoms with E-state index in [1.54, 1.807) is 13.1 Å². The number of nitrogens with one attached hydrogen (secondary N) is 2. The lowest BCUT2D eigenvalue weighted by Gasteiger charge is -2.15. The Morgan fingerprint density at radius 2 is 2.17 bits per heavy atom. The molecule has 100 valence electrons. The number of urea groups is 1. The van der Waals surface area contributed by atoms with Crippen LogP contribution in [0.3, 0.4) is 0 Å². The lowest BCUT2D eigenvalue weighted by Crippen LogP contribution is -2.48. The van der Waals surface area contributed by atoms with Crippen LogP contribution in [0.2, 0.25) is 0 Å². The van der Waals surface area contributed by atoms with Gasteiger partial charge < -0.3 is 20.8 Å². The summed E-state index contributed by atoms with van der Waals surface area (Å²) in [6.45, 7) is 2.99.